The van der Waals surface area contributed by atoms with Crippen LogP contribution in [0.3, 0.4) is 0 Å². The van der Waals surface area contributed by atoms with E-state index in [1.807, 2.05) is 0 Å². The minimum atomic E-state index is -3.77. The molecule has 0 aliphatic carbocycles. The fourth-order valence-electron chi connectivity index (χ4n) is 3.70. The molecule has 0 unspecified atom stereocenters. The van der Waals surface area contributed by atoms with Gasteiger partial charge in [-0.3, -0.25) is 9.59 Å². The largest absolute Gasteiger partial charge is 0.495 e. The molecule has 0 saturated carbocycles. The average Bonchev–Trinajstić information content (AvgIpc) is 2.82. The molecule has 0 radical (unpaired) electrons. The Balaban J connectivity index is 1.81. The van der Waals surface area contributed by atoms with Gasteiger partial charge >= 0.3 is 0 Å². The Morgan fingerprint density at radius 2 is 1.84 bits per heavy atom. The lowest BCUT2D eigenvalue weighted by Gasteiger charge is -2.26. The van der Waals surface area contributed by atoms with Crippen LogP contribution >= 0.6 is 0 Å². The van der Waals surface area contributed by atoms with Gasteiger partial charge in [-0.15, -0.1) is 0 Å². The molecular formula is C22H23N3O6S. The number of anilines is 1. The molecule has 2 heterocycles. The molecule has 1 aliphatic rings. The number of pyridine rings is 1. The zero-order valence-corrected chi connectivity index (χ0v) is 18.5. The van der Waals surface area contributed by atoms with Gasteiger partial charge in [0.2, 0.25) is 15.6 Å². The fourth-order valence-corrected chi connectivity index (χ4v) is 5.14. The van der Waals surface area contributed by atoms with Crippen molar-refractivity contribution in [3.05, 3.63) is 64.4 Å². The monoisotopic (exact) mass is 457 g/mol. The number of morpholine rings is 1. The van der Waals surface area contributed by atoms with Crippen molar-refractivity contribution in [3.8, 4) is 5.75 Å². The second kappa shape index (κ2) is 8.73. The van der Waals surface area contributed by atoms with Crippen LogP contribution in [0.25, 0.3) is 10.9 Å². The highest BCUT2D eigenvalue weighted by Crippen LogP contribution is 2.29. The average molecular weight is 458 g/mol. The summed E-state index contributed by atoms with van der Waals surface area (Å²) in [6, 6.07) is 12.5. The fraction of sp³-hybridized carbons (Fsp3) is 0.273. The second-order valence-corrected chi connectivity index (χ2v) is 9.25. The van der Waals surface area contributed by atoms with Gasteiger partial charge in [-0.2, -0.15) is 4.31 Å². The molecule has 1 N–H and O–H groups in total. The van der Waals surface area contributed by atoms with E-state index in [0.717, 1.165) is 0 Å². The van der Waals surface area contributed by atoms with Crippen LogP contribution in [0.2, 0.25) is 0 Å². The lowest BCUT2D eigenvalue weighted by Crippen LogP contribution is -2.40. The van der Waals surface area contributed by atoms with Gasteiger partial charge in [0.1, 0.15) is 5.75 Å². The molecule has 0 bridgehead atoms. The predicted octanol–water partition coefficient (Wildman–Crippen LogP) is 1.83. The summed E-state index contributed by atoms with van der Waals surface area (Å²) in [6.07, 6.45) is 0. The van der Waals surface area contributed by atoms with E-state index in [9.17, 15) is 18.0 Å². The summed E-state index contributed by atoms with van der Waals surface area (Å²) in [5.74, 6) is 0.0274. The van der Waals surface area contributed by atoms with Crippen molar-refractivity contribution in [2.24, 2.45) is 0 Å². The molecule has 0 spiro atoms. The van der Waals surface area contributed by atoms with E-state index < -0.39 is 21.5 Å². The third-order valence-corrected chi connectivity index (χ3v) is 7.30. The number of H-pyrrole nitrogens is 1. The molecule has 0 atom stereocenters. The Bertz CT molecular complexity index is 1330. The molecule has 168 valence electrons. The number of hydrogen-bond acceptors (Lipinski definition) is 6. The van der Waals surface area contributed by atoms with Gasteiger partial charge in [0.05, 0.1) is 36.5 Å². The van der Waals surface area contributed by atoms with Crippen molar-refractivity contribution in [1.29, 1.82) is 0 Å². The highest BCUT2D eigenvalue weighted by atomic mass is 32.2. The number of aromatic nitrogens is 1. The lowest BCUT2D eigenvalue weighted by atomic mass is 10.1. The smallest absolute Gasteiger partial charge is 0.259 e. The van der Waals surface area contributed by atoms with Crippen LogP contribution in [0.1, 0.15) is 10.4 Å². The van der Waals surface area contributed by atoms with E-state index in [1.54, 1.807) is 31.3 Å². The summed E-state index contributed by atoms with van der Waals surface area (Å²) < 4.78 is 38.1. The van der Waals surface area contributed by atoms with Crippen LogP contribution in [-0.2, 0) is 14.8 Å². The number of aromatic amines is 1. The Morgan fingerprint density at radius 1 is 1.12 bits per heavy atom. The number of sulfonamides is 1. The van der Waals surface area contributed by atoms with Crippen LogP contribution in [0.5, 0.6) is 5.75 Å². The van der Waals surface area contributed by atoms with Crippen molar-refractivity contribution in [1.82, 2.24) is 9.29 Å². The zero-order valence-electron chi connectivity index (χ0n) is 17.7. The number of carbonyl (C=O) groups excluding carboxylic acids is 1. The third kappa shape index (κ3) is 3.99. The molecule has 1 aromatic heterocycles. The SMILES string of the molecule is COc1ccccc1N(C)C(=O)c1cc(=O)[nH]c2ccc(S(=O)(=O)N3CCOCC3)cc12. The van der Waals surface area contributed by atoms with Crippen molar-refractivity contribution in [3.63, 3.8) is 0 Å². The molecule has 10 heteroatoms. The van der Waals surface area contributed by atoms with E-state index >= 15 is 0 Å². The van der Waals surface area contributed by atoms with Gasteiger partial charge < -0.3 is 19.4 Å². The predicted molar refractivity (Wildman–Crippen MR) is 120 cm³/mol. The first kappa shape index (κ1) is 22.0. The maximum Gasteiger partial charge on any atom is 0.259 e. The highest BCUT2D eigenvalue weighted by molar-refractivity contribution is 7.89. The minimum Gasteiger partial charge on any atom is -0.495 e. The van der Waals surface area contributed by atoms with Crippen LogP contribution in [0.4, 0.5) is 5.69 Å². The number of fused-ring (bicyclic) bond motifs is 1. The van der Waals surface area contributed by atoms with Gasteiger partial charge in [0, 0.05) is 37.1 Å². The van der Waals surface area contributed by atoms with E-state index in [-0.39, 0.29) is 23.5 Å². The summed E-state index contributed by atoms with van der Waals surface area (Å²) >= 11 is 0. The third-order valence-electron chi connectivity index (χ3n) is 5.40. The Labute approximate surface area is 185 Å². The maximum absolute atomic E-state index is 13.4. The topological polar surface area (TPSA) is 109 Å². The molecule has 4 rings (SSSR count). The van der Waals surface area contributed by atoms with E-state index in [2.05, 4.69) is 4.98 Å². The summed E-state index contributed by atoms with van der Waals surface area (Å²) in [4.78, 5) is 29.7. The van der Waals surface area contributed by atoms with E-state index in [1.165, 1.54) is 40.6 Å². The standard InChI is InChI=1S/C22H23N3O6S/c1-24(19-5-3-4-6-20(19)30-2)22(27)17-14-21(26)23-18-8-7-15(13-16(17)18)32(28,29)25-9-11-31-12-10-25/h3-8,13-14H,9-12H2,1-2H3,(H,23,26). The van der Waals surface area contributed by atoms with Gasteiger partial charge in [0.25, 0.3) is 5.91 Å². The van der Waals surface area contributed by atoms with E-state index in [4.69, 9.17) is 9.47 Å². The van der Waals surface area contributed by atoms with Crippen molar-refractivity contribution >= 4 is 32.5 Å². The summed E-state index contributed by atoms with van der Waals surface area (Å²) in [7, 11) is -0.699. The van der Waals surface area contributed by atoms with Gasteiger partial charge in [-0.1, -0.05) is 12.1 Å². The first-order valence-corrected chi connectivity index (χ1v) is 11.4. The number of amides is 1. The number of nitrogens with one attached hydrogen (secondary N) is 1. The van der Waals surface area contributed by atoms with Gasteiger partial charge in [-0.05, 0) is 30.3 Å². The normalized spacial score (nSPS) is 14.9. The Hall–Kier alpha value is -3.21. The molecule has 9 nitrogen and oxygen atoms in total. The number of rotatable bonds is 5. The first-order valence-electron chi connectivity index (χ1n) is 9.99. The van der Waals surface area contributed by atoms with Crippen molar-refractivity contribution < 1.29 is 22.7 Å². The number of hydrogen-bond donors (Lipinski definition) is 1. The Kier molecular flexibility index (Phi) is 6.00. The summed E-state index contributed by atoms with van der Waals surface area (Å²) in [5.41, 5.74) is 0.523. The Morgan fingerprint density at radius 3 is 2.56 bits per heavy atom. The van der Waals surface area contributed by atoms with E-state index in [0.29, 0.717) is 35.6 Å². The second-order valence-electron chi connectivity index (χ2n) is 7.31. The number of carbonyl (C=O) groups is 1. The lowest BCUT2D eigenvalue weighted by molar-refractivity contribution is 0.0730. The van der Waals surface area contributed by atoms with Crippen LogP contribution < -0.4 is 15.2 Å². The molecule has 32 heavy (non-hydrogen) atoms. The molecule has 1 amide bonds. The van der Waals surface area contributed by atoms with Crippen LogP contribution in [0.15, 0.2) is 58.2 Å². The number of benzene rings is 2. The van der Waals surface area contributed by atoms with Gasteiger partial charge in [-0.25, -0.2) is 8.42 Å². The number of ether oxygens (including phenoxy) is 2. The summed E-state index contributed by atoms with van der Waals surface area (Å²) in [6.45, 7) is 1.17. The molecule has 3 aromatic rings. The molecule has 1 fully saturated rings. The minimum absolute atomic E-state index is 0.0490. The number of methoxy groups -OCH3 is 1. The quantitative estimate of drug-likeness (QED) is 0.626. The highest BCUT2D eigenvalue weighted by Gasteiger charge is 2.27. The molecular weight excluding hydrogens is 434 g/mol. The first-order chi connectivity index (χ1) is 15.3. The van der Waals surface area contributed by atoms with Crippen LogP contribution in [-0.4, -0.2) is 64.1 Å². The van der Waals surface area contributed by atoms with Crippen LogP contribution in [0, 0.1) is 0 Å². The molecule has 1 aliphatic heterocycles. The molecule has 1 saturated heterocycles. The van der Waals surface area contributed by atoms with Gasteiger partial charge in [0.15, 0.2) is 0 Å². The maximum atomic E-state index is 13.4. The zero-order chi connectivity index (χ0) is 22.9. The molecule has 2 aromatic carbocycles. The number of nitrogens with zero attached hydrogens (tertiary/aromatic N) is 2. The van der Waals surface area contributed by atoms with Crippen molar-refractivity contribution in [2.75, 3.05) is 45.4 Å². The number of para-hydroxylation sites is 2. The van der Waals surface area contributed by atoms with Crippen molar-refractivity contribution in [2.45, 2.75) is 4.90 Å². The summed E-state index contributed by atoms with van der Waals surface area (Å²) in [5, 5.41) is 0.339.